The summed E-state index contributed by atoms with van der Waals surface area (Å²) in [5.74, 6) is 1.05. The van der Waals surface area contributed by atoms with Gasteiger partial charge >= 0.3 is 0 Å². The topological polar surface area (TPSA) is 21.3 Å². The zero-order valence-electron chi connectivity index (χ0n) is 9.92. The van der Waals surface area contributed by atoms with Crippen LogP contribution in [0.4, 0.5) is 4.39 Å². The van der Waals surface area contributed by atoms with Crippen molar-refractivity contribution >= 4 is 11.8 Å². The summed E-state index contributed by atoms with van der Waals surface area (Å²) in [6.07, 6.45) is 2.95. The van der Waals surface area contributed by atoms with Crippen LogP contribution in [0.1, 0.15) is 18.0 Å². The fourth-order valence-corrected chi connectivity index (χ4v) is 2.12. The van der Waals surface area contributed by atoms with Crippen LogP contribution in [0, 0.1) is 5.82 Å². The molecule has 1 unspecified atom stereocenters. The lowest BCUT2D eigenvalue weighted by Crippen LogP contribution is -2.18. The number of thioether (sulfide) groups is 1. The molecule has 0 spiro atoms. The van der Waals surface area contributed by atoms with E-state index in [-0.39, 0.29) is 11.9 Å². The molecule has 0 fully saturated rings. The van der Waals surface area contributed by atoms with Crippen molar-refractivity contribution in [3.8, 4) is 5.75 Å². The quantitative estimate of drug-likeness (QED) is 0.830. The number of rotatable bonds is 6. The molecule has 1 aromatic carbocycles. The van der Waals surface area contributed by atoms with Gasteiger partial charge in [-0.3, -0.25) is 0 Å². The van der Waals surface area contributed by atoms with Gasteiger partial charge in [-0.25, -0.2) is 4.39 Å². The number of hydrogen-bond donors (Lipinski definition) is 1. The van der Waals surface area contributed by atoms with Gasteiger partial charge < -0.3 is 10.1 Å². The fourth-order valence-electron chi connectivity index (χ4n) is 1.65. The lowest BCUT2D eigenvalue weighted by atomic mass is 10.0. The Balaban J connectivity index is 2.91. The van der Waals surface area contributed by atoms with Gasteiger partial charge in [0, 0.05) is 11.6 Å². The molecule has 1 atom stereocenters. The van der Waals surface area contributed by atoms with Crippen LogP contribution in [0.2, 0.25) is 0 Å². The Morgan fingerprint density at radius 1 is 1.50 bits per heavy atom. The van der Waals surface area contributed by atoms with E-state index in [1.54, 1.807) is 23.9 Å². The summed E-state index contributed by atoms with van der Waals surface area (Å²) >= 11 is 1.76. The maximum absolute atomic E-state index is 14.0. The zero-order chi connectivity index (χ0) is 12.0. The van der Waals surface area contributed by atoms with Crippen molar-refractivity contribution in [2.75, 3.05) is 26.2 Å². The highest BCUT2D eigenvalue weighted by atomic mass is 32.2. The third-order valence-electron chi connectivity index (χ3n) is 2.55. The molecule has 0 aliphatic carbocycles. The number of methoxy groups -OCH3 is 1. The van der Waals surface area contributed by atoms with Gasteiger partial charge in [0.2, 0.25) is 0 Å². The van der Waals surface area contributed by atoms with E-state index in [0.717, 1.165) is 12.2 Å². The van der Waals surface area contributed by atoms with E-state index in [2.05, 4.69) is 11.6 Å². The summed E-state index contributed by atoms with van der Waals surface area (Å²) in [5, 5.41) is 3.14. The first-order valence-corrected chi connectivity index (χ1v) is 6.62. The Hall–Kier alpha value is -0.740. The molecule has 90 valence electrons. The molecule has 0 amide bonds. The first-order valence-electron chi connectivity index (χ1n) is 5.23. The number of benzene rings is 1. The van der Waals surface area contributed by atoms with Crippen LogP contribution in [0.15, 0.2) is 18.2 Å². The minimum absolute atomic E-state index is 0.0440. The van der Waals surface area contributed by atoms with Crippen molar-refractivity contribution in [1.29, 1.82) is 0 Å². The standard InChI is InChI=1S/C12H18FNOS/c1-14-10(7-8-16-3)9-5-4-6-11(15-2)12(9)13/h4-6,10,14H,7-8H2,1-3H3. The van der Waals surface area contributed by atoms with Gasteiger partial charge in [0.15, 0.2) is 11.6 Å². The van der Waals surface area contributed by atoms with Crippen LogP contribution >= 0.6 is 11.8 Å². The molecule has 0 heterocycles. The molecule has 0 bridgehead atoms. The van der Waals surface area contributed by atoms with Gasteiger partial charge in [-0.15, -0.1) is 0 Å². The van der Waals surface area contributed by atoms with Gasteiger partial charge in [-0.1, -0.05) is 12.1 Å². The maximum Gasteiger partial charge on any atom is 0.169 e. The van der Waals surface area contributed by atoms with Gasteiger partial charge in [0.05, 0.1) is 7.11 Å². The molecule has 1 N–H and O–H groups in total. The molecular weight excluding hydrogens is 225 g/mol. The molecule has 1 rings (SSSR count). The highest BCUT2D eigenvalue weighted by molar-refractivity contribution is 7.98. The highest BCUT2D eigenvalue weighted by Crippen LogP contribution is 2.27. The maximum atomic E-state index is 14.0. The van der Waals surface area contributed by atoms with E-state index in [9.17, 15) is 4.39 Å². The van der Waals surface area contributed by atoms with E-state index in [4.69, 9.17) is 4.74 Å². The summed E-state index contributed by atoms with van der Waals surface area (Å²) in [7, 11) is 3.34. The van der Waals surface area contributed by atoms with E-state index >= 15 is 0 Å². The van der Waals surface area contributed by atoms with Gasteiger partial charge in [0.25, 0.3) is 0 Å². The largest absolute Gasteiger partial charge is 0.494 e. The predicted octanol–water partition coefficient (Wildman–Crippen LogP) is 2.85. The second-order valence-corrected chi connectivity index (χ2v) is 4.47. The Morgan fingerprint density at radius 3 is 2.81 bits per heavy atom. The fraction of sp³-hybridized carbons (Fsp3) is 0.500. The Bertz CT molecular complexity index is 333. The first kappa shape index (κ1) is 13.3. The molecule has 0 aliphatic heterocycles. The highest BCUT2D eigenvalue weighted by Gasteiger charge is 2.16. The Morgan fingerprint density at radius 2 is 2.25 bits per heavy atom. The summed E-state index contributed by atoms with van der Waals surface area (Å²) in [6.45, 7) is 0. The predicted molar refractivity (Wildman–Crippen MR) is 67.8 cm³/mol. The average Bonchev–Trinajstić information content (AvgIpc) is 2.32. The SMILES string of the molecule is CNC(CCSC)c1cccc(OC)c1F. The third-order valence-corrected chi connectivity index (χ3v) is 3.19. The molecule has 2 nitrogen and oxygen atoms in total. The van der Waals surface area contributed by atoms with E-state index in [0.29, 0.717) is 11.3 Å². The third kappa shape index (κ3) is 3.12. The van der Waals surface area contributed by atoms with Gasteiger partial charge in [-0.05, 0) is 31.5 Å². The van der Waals surface area contributed by atoms with E-state index < -0.39 is 0 Å². The Kier molecular flexibility index (Phi) is 5.63. The first-order chi connectivity index (χ1) is 7.74. The van der Waals surface area contributed by atoms with E-state index in [1.807, 2.05) is 13.1 Å². The summed E-state index contributed by atoms with van der Waals surface area (Å²) < 4.78 is 18.9. The second kappa shape index (κ2) is 6.76. The normalized spacial score (nSPS) is 12.5. The smallest absolute Gasteiger partial charge is 0.169 e. The molecule has 16 heavy (non-hydrogen) atoms. The molecule has 0 saturated heterocycles. The van der Waals surface area contributed by atoms with E-state index in [1.165, 1.54) is 7.11 Å². The molecule has 0 saturated carbocycles. The number of halogens is 1. The number of ether oxygens (including phenoxy) is 1. The molecule has 0 aromatic heterocycles. The monoisotopic (exact) mass is 243 g/mol. The van der Waals surface area contributed by atoms with Crippen LogP contribution in [-0.4, -0.2) is 26.2 Å². The van der Waals surface area contributed by atoms with Crippen molar-refractivity contribution in [3.63, 3.8) is 0 Å². The van der Waals surface area contributed by atoms with Crippen LogP contribution in [0.3, 0.4) is 0 Å². The van der Waals surface area contributed by atoms with Crippen LogP contribution in [0.5, 0.6) is 5.75 Å². The molecule has 0 radical (unpaired) electrons. The van der Waals surface area contributed by atoms with Crippen LogP contribution in [0.25, 0.3) is 0 Å². The molecule has 1 aromatic rings. The lowest BCUT2D eigenvalue weighted by molar-refractivity contribution is 0.380. The van der Waals surface area contributed by atoms with Crippen molar-refractivity contribution in [2.24, 2.45) is 0 Å². The second-order valence-electron chi connectivity index (χ2n) is 3.49. The molecule has 4 heteroatoms. The number of hydrogen-bond acceptors (Lipinski definition) is 3. The summed E-state index contributed by atoms with van der Waals surface area (Å²) in [4.78, 5) is 0. The number of nitrogens with one attached hydrogen (secondary N) is 1. The summed E-state index contributed by atoms with van der Waals surface area (Å²) in [5.41, 5.74) is 0.677. The zero-order valence-corrected chi connectivity index (χ0v) is 10.7. The minimum Gasteiger partial charge on any atom is -0.494 e. The average molecular weight is 243 g/mol. The lowest BCUT2D eigenvalue weighted by Gasteiger charge is -2.17. The minimum atomic E-state index is -0.259. The van der Waals surface area contributed by atoms with Crippen molar-refractivity contribution in [2.45, 2.75) is 12.5 Å². The Labute approximate surface area is 101 Å². The van der Waals surface area contributed by atoms with Crippen molar-refractivity contribution < 1.29 is 9.13 Å². The summed E-state index contributed by atoms with van der Waals surface area (Å²) in [6, 6.07) is 5.31. The van der Waals surface area contributed by atoms with Gasteiger partial charge in [0.1, 0.15) is 0 Å². The van der Waals surface area contributed by atoms with Crippen LogP contribution < -0.4 is 10.1 Å². The molecular formula is C12H18FNOS. The van der Waals surface area contributed by atoms with Crippen molar-refractivity contribution in [3.05, 3.63) is 29.6 Å². The van der Waals surface area contributed by atoms with Crippen LogP contribution in [-0.2, 0) is 0 Å². The van der Waals surface area contributed by atoms with Gasteiger partial charge in [-0.2, -0.15) is 11.8 Å². The van der Waals surface area contributed by atoms with Crippen molar-refractivity contribution in [1.82, 2.24) is 5.32 Å². The molecule has 0 aliphatic rings.